The van der Waals surface area contributed by atoms with Gasteiger partial charge in [-0.25, -0.2) is 0 Å². The molecule has 0 aromatic rings. The monoisotopic (exact) mass is 278 g/mol. The van der Waals surface area contributed by atoms with E-state index in [1.165, 1.54) is 31.8 Å². The van der Waals surface area contributed by atoms with Crippen LogP contribution in [-0.2, 0) is 9.59 Å². The quantitative estimate of drug-likeness (QED) is 0.253. The van der Waals surface area contributed by atoms with E-state index in [1.807, 2.05) is 0 Å². The van der Waals surface area contributed by atoms with Crippen molar-refractivity contribution in [3.05, 3.63) is 25.3 Å². The molecule has 0 heterocycles. The Balaban J connectivity index is 3.32. The first-order chi connectivity index (χ1) is 9.60. The van der Waals surface area contributed by atoms with Crippen LogP contribution in [0.15, 0.2) is 25.3 Å². The second kappa shape index (κ2) is 12.8. The Hall–Kier alpha value is -1.18. The van der Waals surface area contributed by atoms with Crippen LogP contribution < -0.4 is 0 Å². The minimum absolute atomic E-state index is 0.154. The summed E-state index contributed by atoms with van der Waals surface area (Å²) in [5.74, 6) is 0.930. The van der Waals surface area contributed by atoms with Crippen molar-refractivity contribution in [2.45, 2.75) is 71.1 Å². The Morgan fingerprint density at radius 3 is 2.20 bits per heavy atom. The molecule has 0 aromatic carbocycles. The molecule has 0 amide bonds. The van der Waals surface area contributed by atoms with Crippen molar-refractivity contribution in [1.29, 1.82) is 0 Å². The van der Waals surface area contributed by atoms with Gasteiger partial charge >= 0.3 is 0 Å². The van der Waals surface area contributed by atoms with E-state index in [9.17, 15) is 9.59 Å². The van der Waals surface area contributed by atoms with Crippen molar-refractivity contribution in [2.75, 3.05) is 0 Å². The van der Waals surface area contributed by atoms with Crippen LogP contribution in [0.1, 0.15) is 71.1 Å². The van der Waals surface area contributed by atoms with Gasteiger partial charge in [0.05, 0.1) is 0 Å². The van der Waals surface area contributed by atoms with Gasteiger partial charge in [0, 0.05) is 19.3 Å². The molecular weight excluding hydrogens is 248 g/mol. The smallest absolute Gasteiger partial charge is 0.155 e. The Morgan fingerprint density at radius 1 is 1.00 bits per heavy atom. The first-order valence-electron chi connectivity index (χ1n) is 7.88. The number of unbranched alkanes of at least 4 members (excludes halogenated alkanes) is 5. The molecule has 0 spiro atoms. The minimum atomic E-state index is 0.154. The van der Waals surface area contributed by atoms with Gasteiger partial charge in [-0.15, -0.1) is 6.58 Å². The number of Topliss-reactive ketones (excluding diaryl/α,β-unsaturated/α-hetero) is 1. The molecule has 0 rings (SSSR count). The fourth-order valence-corrected chi connectivity index (χ4v) is 2.31. The zero-order valence-electron chi connectivity index (χ0n) is 13.0. The summed E-state index contributed by atoms with van der Waals surface area (Å²) in [5.41, 5.74) is 0. The summed E-state index contributed by atoms with van der Waals surface area (Å²) in [4.78, 5) is 22.4. The van der Waals surface area contributed by atoms with E-state index in [-0.39, 0.29) is 5.78 Å². The molecule has 20 heavy (non-hydrogen) atoms. The number of carbonyl (C=O) groups excluding carboxylic acids is 2. The molecular formula is C18H30O2. The van der Waals surface area contributed by atoms with Gasteiger partial charge in [-0.05, 0) is 18.4 Å². The highest BCUT2D eigenvalue weighted by atomic mass is 16.1. The number of ketones is 2. The molecule has 2 nitrogen and oxygen atoms in total. The molecule has 1 atom stereocenters. The van der Waals surface area contributed by atoms with E-state index in [0.29, 0.717) is 31.0 Å². The van der Waals surface area contributed by atoms with Crippen molar-refractivity contribution in [1.82, 2.24) is 0 Å². The summed E-state index contributed by atoms with van der Waals surface area (Å²) >= 11 is 0. The maximum Gasteiger partial charge on any atom is 0.155 e. The summed E-state index contributed by atoms with van der Waals surface area (Å²) in [6.07, 6.45) is 13.1. The van der Waals surface area contributed by atoms with E-state index >= 15 is 0 Å². The second-order valence-corrected chi connectivity index (χ2v) is 5.67. The molecule has 2 heteroatoms. The van der Waals surface area contributed by atoms with Crippen molar-refractivity contribution in [3.8, 4) is 0 Å². The lowest BCUT2D eigenvalue weighted by Gasteiger charge is -2.08. The SMILES string of the molecule is C=CCC(=O)CCCCCCCC[C@@H](C)CC(=O)C=C. The molecule has 0 radical (unpaired) electrons. The van der Waals surface area contributed by atoms with Gasteiger partial charge in [0.2, 0.25) is 0 Å². The van der Waals surface area contributed by atoms with Gasteiger partial charge in [0.25, 0.3) is 0 Å². The van der Waals surface area contributed by atoms with E-state index in [1.54, 1.807) is 6.08 Å². The summed E-state index contributed by atoms with van der Waals surface area (Å²) in [6.45, 7) is 9.20. The molecule has 0 aliphatic carbocycles. The topological polar surface area (TPSA) is 34.1 Å². The average Bonchev–Trinajstić information content (AvgIpc) is 2.41. The first-order valence-corrected chi connectivity index (χ1v) is 7.88. The molecule has 0 fully saturated rings. The maximum atomic E-state index is 11.3. The van der Waals surface area contributed by atoms with Crippen LogP contribution in [0, 0.1) is 5.92 Å². The van der Waals surface area contributed by atoms with E-state index in [0.717, 1.165) is 19.3 Å². The van der Waals surface area contributed by atoms with Gasteiger partial charge in [-0.1, -0.05) is 58.1 Å². The van der Waals surface area contributed by atoms with Crippen LogP contribution in [0.4, 0.5) is 0 Å². The number of allylic oxidation sites excluding steroid dienone is 2. The van der Waals surface area contributed by atoms with Crippen molar-refractivity contribution in [2.24, 2.45) is 5.92 Å². The summed E-state index contributed by atoms with van der Waals surface area (Å²) < 4.78 is 0. The molecule has 0 bridgehead atoms. The van der Waals surface area contributed by atoms with E-state index < -0.39 is 0 Å². The highest BCUT2D eigenvalue weighted by Gasteiger charge is 2.05. The lowest BCUT2D eigenvalue weighted by Crippen LogP contribution is -2.02. The molecule has 114 valence electrons. The lowest BCUT2D eigenvalue weighted by atomic mass is 9.97. The maximum absolute atomic E-state index is 11.3. The molecule has 0 unspecified atom stereocenters. The van der Waals surface area contributed by atoms with Gasteiger partial charge in [-0.3, -0.25) is 9.59 Å². The third kappa shape index (κ3) is 11.9. The highest BCUT2D eigenvalue weighted by molar-refractivity contribution is 5.89. The zero-order chi connectivity index (χ0) is 15.2. The first kappa shape index (κ1) is 18.8. The largest absolute Gasteiger partial charge is 0.299 e. The van der Waals surface area contributed by atoms with Crippen LogP contribution in [0.25, 0.3) is 0 Å². The van der Waals surface area contributed by atoms with Crippen LogP contribution in [-0.4, -0.2) is 11.6 Å². The Labute approximate surface area is 124 Å². The number of hydrogen-bond acceptors (Lipinski definition) is 2. The minimum Gasteiger partial charge on any atom is -0.299 e. The number of rotatable bonds is 14. The van der Waals surface area contributed by atoms with Crippen molar-refractivity contribution >= 4 is 11.6 Å². The number of hydrogen-bond donors (Lipinski definition) is 0. The predicted molar refractivity (Wildman–Crippen MR) is 85.7 cm³/mol. The average molecular weight is 278 g/mol. The standard InChI is InChI=1S/C18H30O2/c1-4-12-18(20)14-11-9-7-6-8-10-13-16(3)15-17(19)5-2/h4-5,16H,1-2,6-15H2,3H3/t16-/m1/s1. The second-order valence-electron chi connectivity index (χ2n) is 5.67. The van der Waals surface area contributed by atoms with Gasteiger partial charge in [-0.2, -0.15) is 0 Å². The molecule has 0 aliphatic heterocycles. The highest BCUT2D eigenvalue weighted by Crippen LogP contribution is 2.15. The van der Waals surface area contributed by atoms with Gasteiger partial charge in [0.1, 0.15) is 5.78 Å². The van der Waals surface area contributed by atoms with Crippen LogP contribution >= 0.6 is 0 Å². The third-order valence-electron chi connectivity index (χ3n) is 3.55. The van der Waals surface area contributed by atoms with Crippen molar-refractivity contribution in [3.63, 3.8) is 0 Å². The fraction of sp³-hybridized carbons (Fsp3) is 0.667. The van der Waals surface area contributed by atoms with Crippen LogP contribution in [0.5, 0.6) is 0 Å². The molecule has 0 aliphatic rings. The Bertz CT molecular complexity index is 305. The Morgan fingerprint density at radius 2 is 1.60 bits per heavy atom. The summed E-state index contributed by atoms with van der Waals surface area (Å²) in [6, 6.07) is 0. The van der Waals surface area contributed by atoms with Gasteiger partial charge < -0.3 is 0 Å². The third-order valence-corrected chi connectivity index (χ3v) is 3.55. The van der Waals surface area contributed by atoms with E-state index in [4.69, 9.17) is 0 Å². The Kier molecular flexibility index (Phi) is 12.1. The normalized spacial score (nSPS) is 11.8. The fourth-order valence-electron chi connectivity index (χ4n) is 2.31. The lowest BCUT2D eigenvalue weighted by molar-refractivity contribution is -0.118. The van der Waals surface area contributed by atoms with E-state index in [2.05, 4.69) is 20.1 Å². The predicted octanol–water partition coefficient (Wildman–Crippen LogP) is 5.03. The number of carbonyl (C=O) groups is 2. The summed E-state index contributed by atoms with van der Waals surface area (Å²) in [7, 11) is 0. The van der Waals surface area contributed by atoms with Crippen molar-refractivity contribution < 1.29 is 9.59 Å². The molecule has 0 aromatic heterocycles. The summed E-state index contributed by atoms with van der Waals surface area (Å²) in [5, 5.41) is 0. The van der Waals surface area contributed by atoms with Crippen LogP contribution in [0.2, 0.25) is 0 Å². The van der Waals surface area contributed by atoms with Crippen LogP contribution in [0.3, 0.4) is 0 Å². The molecule has 0 N–H and O–H groups in total. The zero-order valence-corrected chi connectivity index (χ0v) is 13.0. The molecule has 0 saturated heterocycles. The molecule has 0 saturated carbocycles. The van der Waals surface area contributed by atoms with Gasteiger partial charge in [0.15, 0.2) is 5.78 Å².